The Hall–Kier alpha value is -4.01. The van der Waals surface area contributed by atoms with Gasteiger partial charge in [-0.05, 0) is 60.7 Å². The van der Waals surface area contributed by atoms with Crippen LogP contribution < -0.4 is 10.1 Å². The fourth-order valence-electron chi connectivity index (χ4n) is 4.91. The lowest BCUT2D eigenvalue weighted by Crippen LogP contribution is -2.19. The summed E-state index contributed by atoms with van der Waals surface area (Å²) in [6.45, 7) is 1.72. The first-order valence-electron chi connectivity index (χ1n) is 12.9. The third kappa shape index (κ3) is 5.89. The van der Waals surface area contributed by atoms with E-state index in [2.05, 4.69) is 5.32 Å². The predicted octanol–water partition coefficient (Wildman–Crippen LogP) is 9.09. The quantitative estimate of drug-likeness (QED) is 0.202. The first-order chi connectivity index (χ1) is 19.8. The van der Waals surface area contributed by atoms with Gasteiger partial charge in [0.15, 0.2) is 0 Å². The first kappa shape index (κ1) is 28.5. The minimum absolute atomic E-state index is 0.0720. The van der Waals surface area contributed by atoms with Crippen LogP contribution in [-0.4, -0.2) is 24.3 Å². The van der Waals surface area contributed by atoms with Crippen LogP contribution in [0.3, 0.4) is 0 Å². The van der Waals surface area contributed by atoms with Gasteiger partial charge in [0.25, 0.3) is 0 Å². The van der Waals surface area contributed by atoms with Gasteiger partial charge < -0.3 is 14.6 Å². The molecule has 1 amide bonds. The number of hydrogen-bond acceptors (Lipinski definition) is 5. The Bertz CT molecular complexity index is 1610. The Morgan fingerprint density at radius 3 is 2.29 bits per heavy atom. The van der Waals surface area contributed by atoms with Gasteiger partial charge in [0.2, 0.25) is 0 Å². The van der Waals surface area contributed by atoms with E-state index in [9.17, 15) is 18.6 Å². The predicted molar refractivity (Wildman–Crippen MR) is 159 cm³/mol. The van der Waals surface area contributed by atoms with Crippen LogP contribution in [0.2, 0.25) is 5.02 Å². The molecule has 4 aromatic rings. The summed E-state index contributed by atoms with van der Waals surface area (Å²) in [5.41, 5.74) is 4.12. The molecular formula is C32H27ClFNO5S. The number of hydrogen-bond donors (Lipinski definition) is 2. The SMILES string of the molecule is COc1cc(-c2ccc(SF)cc2NC(=O)O[C@H](C)c2ccccc2Cl)ccc1-c1ccc(C2(C(=O)O)CC2)cc1. The van der Waals surface area contributed by atoms with Crippen molar-refractivity contribution < 1.29 is 28.1 Å². The van der Waals surface area contributed by atoms with E-state index in [0.29, 0.717) is 45.3 Å². The molecule has 0 aromatic heterocycles. The average molecular weight is 592 g/mol. The normalized spacial score (nSPS) is 14.1. The lowest BCUT2D eigenvalue weighted by molar-refractivity contribution is -0.140. The number of anilines is 1. The van der Waals surface area contributed by atoms with Crippen LogP contribution in [0.5, 0.6) is 5.75 Å². The zero-order valence-electron chi connectivity index (χ0n) is 22.3. The summed E-state index contributed by atoms with van der Waals surface area (Å²) in [4.78, 5) is 24.9. The van der Waals surface area contributed by atoms with Crippen molar-refractivity contribution >= 4 is 41.5 Å². The van der Waals surface area contributed by atoms with Crippen LogP contribution in [0, 0.1) is 0 Å². The van der Waals surface area contributed by atoms with Gasteiger partial charge in [-0.3, -0.25) is 10.1 Å². The van der Waals surface area contributed by atoms with Crippen LogP contribution in [0.4, 0.5) is 14.4 Å². The summed E-state index contributed by atoms with van der Waals surface area (Å²) in [7, 11) is 1.57. The van der Waals surface area contributed by atoms with Gasteiger partial charge in [0, 0.05) is 26.6 Å². The molecule has 41 heavy (non-hydrogen) atoms. The van der Waals surface area contributed by atoms with Gasteiger partial charge in [-0.1, -0.05) is 72.3 Å². The Balaban J connectivity index is 1.41. The summed E-state index contributed by atoms with van der Waals surface area (Å²) in [6.07, 6.45) is -0.0372. The summed E-state index contributed by atoms with van der Waals surface area (Å²) in [6, 6.07) is 25.1. The second kappa shape index (κ2) is 11.8. The molecule has 0 unspecified atom stereocenters. The zero-order valence-corrected chi connectivity index (χ0v) is 23.9. The van der Waals surface area contributed by atoms with E-state index in [1.54, 1.807) is 44.4 Å². The fourth-order valence-corrected chi connectivity index (χ4v) is 5.48. The van der Waals surface area contributed by atoms with Crippen molar-refractivity contribution in [3.8, 4) is 28.0 Å². The standard InChI is InChI=1S/C32H27ClFNO5S/c1-19(24-5-3-4-6-27(24)33)40-31(38)35-28-18-23(41-34)12-14-25(28)21-9-13-26(29(17-21)39-2)20-7-10-22(11-8-20)32(15-16-32)30(36)37/h3-14,17-19H,15-16H2,1-2H3,(H,35,38)(H,36,37)/t19-/m1/s1. The van der Waals surface area contributed by atoms with Crippen molar-refractivity contribution in [3.05, 3.63) is 101 Å². The molecule has 0 radical (unpaired) electrons. The number of carbonyl (C=O) groups is 2. The highest BCUT2D eigenvalue weighted by Gasteiger charge is 2.51. The number of carbonyl (C=O) groups excluding carboxylic acids is 1. The summed E-state index contributed by atoms with van der Waals surface area (Å²) >= 11 is 6.32. The third-order valence-corrected chi connectivity index (χ3v) is 8.14. The third-order valence-electron chi connectivity index (χ3n) is 7.36. The molecule has 210 valence electrons. The molecule has 1 saturated carbocycles. The fraction of sp³-hybridized carbons (Fsp3) is 0.188. The number of carboxylic acids is 1. The van der Waals surface area contributed by atoms with E-state index in [1.807, 2.05) is 48.5 Å². The van der Waals surface area contributed by atoms with Gasteiger partial charge in [-0.2, -0.15) is 3.89 Å². The van der Waals surface area contributed by atoms with Gasteiger partial charge >= 0.3 is 12.1 Å². The number of rotatable bonds is 9. The lowest BCUT2D eigenvalue weighted by Gasteiger charge is -2.18. The highest BCUT2D eigenvalue weighted by Crippen LogP contribution is 2.49. The van der Waals surface area contributed by atoms with E-state index in [-0.39, 0.29) is 12.1 Å². The minimum Gasteiger partial charge on any atom is -0.496 e. The maximum atomic E-state index is 13.5. The number of nitrogens with one attached hydrogen (secondary N) is 1. The topological polar surface area (TPSA) is 84.9 Å². The van der Waals surface area contributed by atoms with E-state index in [1.165, 1.54) is 6.07 Å². The van der Waals surface area contributed by atoms with Crippen molar-refractivity contribution in [2.24, 2.45) is 0 Å². The van der Waals surface area contributed by atoms with Gasteiger partial charge in [0.05, 0.1) is 30.4 Å². The molecular weight excluding hydrogens is 565 g/mol. The Labute approximate surface area is 246 Å². The van der Waals surface area contributed by atoms with Gasteiger partial charge in [-0.15, -0.1) is 0 Å². The number of benzene rings is 4. The number of carboxylic acid groups (broad SMARTS) is 1. The number of methoxy groups -OCH3 is 1. The molecule has 0 saturated heterocycles. The van der Waals surface area contributed by atoms with E-state index in [0.717, 1.165) is 22.3 Å². The maximum absolute atomic E-state index is 13.5. The van der Waals surface area contributed by atoms with E-state index >= 15 is 0 Å². The van der Waals surface area contributed by atoms with Crippen LogP contribution in [0.1, 0.15) is 37.0 Å². The molecule has 0 spiro atoms. The molecule has 1 aliphatic rings. The Morgan fingerprint density at radius 2 is 1.66 bits per heavy atom. The van der Waals surface area contributed by atoms with Crippen LogP contribution in [0.25, 0.3) is 22.3 Å². The molecule has 0 heterocycles. The van der Waals surface area contributed by atoms with Gasteiger partial charge in [0.1, 0.15) is 11.9 Å². The average Bonchev–Trinajstić information content (AvgIpc) is 3.79. The number of ether oxygens (including phenoxy) is 2. The van der Waals surface area contributed by atoms with Crippen molar-refractivity contribution in [2.75, 3.05) is 12.4 Å². The number of amides is 1. The van der Waals surface area contributed by atoms with Crippen molar-refractivity contribution in [2.45, 2.75) is 36.2 Å². The molecule has 0 bridgehead atoms. The molecule has 1 atom stereocenters. The lowest BCUT2D eigenvalue weighted by atomic mass is 9.93. The van der Waals surface area contributed by atoms with Crippen LogP contribution >= 0.6 is 23.7 Å². The summed E-state index contributed by atoms with van der Waals surface area (Å²) in [5.74, 6) is -0.213. The second-order valence-corrected chi connectivity index (χ2v) is 10.9. The number of halogens is 2. The van der Waals surface area contributed by atoms with Crippen molar-refractivity contribution in [3.63, 3.8) is 0 Å². The summed E-state index contributed by atoms with van der Waals surface area (Å²) < 4.78 is 24.7. The maximum Gasteiger partial charge on any atom is 0.412 e. The van der Waals surface area contributed by atoms with Crippen molar-refractivity contribution in [1.29, 1.82) is 0 Å². The molecule has 0 aliphatic heterocycles. The van der Waals surface area contributed by atoms with Gasteiger partial charge in [-0.25, -0.2) is 4.79 Å². The van der Waals surface area contributed by atoms with Crippen molar-refractivity contribution in [1.82, 2.24) is 0 Å². The highest BCUT2D eigenvalue weighted by molar-refractivity contribution is 7.94. The smallest absolute Gasteiger partial charge is 0.412 e. The molecule has 4 aromatic carbocycles. The molecule has 9 heteroatoms. The molecule has 5 rings (SSSR count). The highest BCUT2D eigenvalue weighted by atomic mass is 35.5. The molecule has 1 fully saturated rings. The van der Waals surface area contributed by atoms with Crippen LogP contribution in [0.15, 0.2) is 89.8 Å². The summed E-state index contributed by atoms with van der Waals surface area (Å²) in [5, 5.41) is 12.8. The minimum atomic E-state index is -0.795. The van der Waals surface area contributed by atoms with E-state index < -0.39 is 23.6 Å². The van der Waals surface area contributed by atoms with Crippen LogP contribution in [-0.2, 0) is 14.9 Å². The Morgan fingerprint density at radius 1 is 0.976 bits per heavy atom. The Kier molecular flexibility index (Phi) is 8.24. The second-order valence-electron chi connectivity index (χ2n) is 9.86. The first-order valence-corrected chi connectivity index (χ1v) is 14.0. The molecule has 1 aliphatic carbocycles. The molecule has 2 N–H and O–H groups in total. The molecule has 6 nitrogen and oxygen atoms in total. The number of aliphatic carboxylic acids is 1. The largest absolute Gasteiger partial charge is 0.496 e. The monoisotopic (exact) mass is 591 g/mol. The zero-order chi connectivity index (χ0) is 29.1. The van der Waals surface area contributed by atoms with E-state index in [4.69, 9.17) is 21.1 Å².